The van der Waals surface area contributed by atoms with Gasteiger partial charge in [0.1, 0.15) is 27.2 Å². The zero-order valence-electron chi connectivity index (χ0n) is 25.9. The number of hydrogen-bond acceptors (Lipinski definition) is 8. The number of amides is 1. The zero-order chi connectivity index (χ0) is 32.6. The zero-order valence-corrected chi connectivity index (χ0v) is 27.5. The minimum atomic E-state index is -4.44. The van der Waals surface area contributed by atoms with Gasteiger partial charge in [-0.15, -0.1) is 0 Å². The molecule has 14 heteroatoms. The summed E-state index contributed by atoms with van der Waals surface area (Å²) in [5.41, 5.74) is 3.95. The fourth-order valence-electron chi connectivity index (χ4n) is 5.74. The summed E-state index contributed by atoms with van der Waals surface area (Å²) in [5.74, 6) is 0.742. The molecule has 4 aromatic rings. The number of benzene rings is 1. The molecule has 2 aliphatic heterocycles. The molecule has 0 atom stereocenters. The van der Waals surface area contributed by atoms with Gasteiger partial charge >= 0.3 is 12.3 Å². The van der Waals surface area contributed by atoms with E-state index in [0.29, 0.717) is 37.3 Å². The number of alkyl halides is 3. The van der Waals surface area contributed by atoms with Gasteiger partial charge in [0.15, 0.2) is 0 Å². The van der Waals surface area contributed by atoms with Crippen molar-refractivity contribution in [3.8, 4) is 11.4 Å². The monoisotopic (exact) mass is 700 g/mol. The maximum absolute atomic E-state index is 12.9. The third kappa shape index (κ3) is 7.22. The second-order valence-corrected chi connectivity index (χ2v) is 13.3. The highest BCUT2D eigenvalue weighted by Crippen LogP contribution is 2.35. The number of nitrogens with one attached hydrogen (secondary N) is 1. The number of H-pyrrole nitrogens is 1. The standard InChI is InChI=1S/C32H36BrF3N8O2/c1-31(2,3)46-30(45)44-16-14-42(15-17-44)23-7-5-22(6-8-23)29-39-24-19-38-28(33)27(26(24)40-29)43-12-10-41(11-13-43)20-21-4-9-25(37-18-21)32(34,35)36/h4-9,18-19H,10-17,20H2,1-3H3,(H,39,40). The molecule has 0 bridgehead atoms. The number of ether oxygens (including phenoxy) is 1. The molecular formula is C32H36BrF3N8O2. The van der Waals surface area contributed by atoms with Crippen molar-refractivity contribution >= 4 is 44.4 Å². The molecule has 2 saturated heterocycles. The molecule has 3 aromatic heterocycles. The number of aromatic amines is 1. The van der Waals surface area contributed by atoms with Gasteiger partial charge in [-0.2, -0.15) is 13.2 Å². The van der Waals surface area contributed by atoms with Gasteiger partial charge < -0.3 is 24.4 Å². The van der Waals surface area contributed by atoms with E-state index >= 15 is 0 Å². The lowest BCUT2D eigenvalue weighted by atomic mass is 10.1. The van der Waals surface area contributed by atoms with E-state index in [-0.39, 0.29) is 6.09 Å². The number of nitrogens with zero attached hydrogens (tertiary/aromatic N) is 7. The fraction of sp³-hybridized carbons (Fsp3) is 0.438. The first kappa shape index (κ1) is 32.0. The first-order valence-electron chi connectivity index (χ1n) is 15.2. The predicted molar refractivity (Wildman–Crippen MR) is 174 cm³/mol. The van der Waals surface area contributed by atoms with Gasteiger partial charge in [-0.05, 0) is 72.6 Å². The van der Waals surface area contributed by atoms with Gasteiger partial charge in [-0.25, -0.2) is 14.8 Å². The molecule has 6 rings (SSSR count). The Morgan fingerprint density at radius 1 is 0.891 bits per heavy atom. The van der Waals surface area contributed by atoms with Gasteiger partial charge in [0, 0.05) is 76.4 Å². The number of rotatable bonds is 5. The van der Waals surface area contributed by atoms with Crippen molar-refractivity contribution in [3.05, 3.63) is 64.7 Å². The largest absolute Gasteiger partial charge is 0.444 e. The summed E-state index contributed by atoms with van der Waals surface area (Å²) >= 11 is 3.63. The molecule has 5 heterocycles. The van der Waals surface area contributed by atoms with E-state index in [1.807, 2.05) is 32.9 Å². The number of hydrogen-bond donors (Lipinski definition) is 1. The number of carbonyl (C=O) groups is 1. The third-order valence-corrected chi connectivity index (χ3v) is 8.69. The number of carbonyl (C=O) groups excluding carboxylic acids is 1. The number of piperazine rings is 2. The average Bonchev–Trinajstić information content (AvgIpc) is 3.45. The lowest BCUT2D eigenvalue weighted by Gasteiger charge is -2.36. The van der Waals surface area contributed by atoms with Crippen LogP contribution < -0.4 is 9.80 Å². The smallest absolute Gasteiger partial charge is 0.433 e. The maximum Gasteiger partial charge on any atom is 0.433 e. The minimum absolute atomic E-state index is 0.273. The Bertz CT molecular complexity index is 1670. The number of aromatic nitrogens is 4. The van der Waals surface area contributed by atoms with Crippen molar-refractivity contribution in [3.63, 3.8) is 0 Å². The van der Waals surface area contributed by atoms with Crippen LogP contribution in [-0.4, -0.2) is 93.8 Å². The predicted octanol–water partition coefficient (Wildman–Crippen LogP) is 6.18. The molecule has 0 unspecified atom stereocenters. The van der Waals surface area contributed by atoms with Crippen molar-refractivity contribution in [1.29, 1.82) is 0 Å². The Morgan fingerprint density at radius 2 is 1.57 bits per heavy atom. The average molecular weight is 702 g/mol. The molecule has 1 N–H and O–H groups in total. The third-order valence-electron chi connectivity index (χ3n) is 8.11. The van der Waals surface area contributed by atoms with Crippen molar-refractivity contribution in [2.24, 2.45) is 0 Å². The number of imidazole rings is 1. The van der Waals surface area contributed by atoms with Crippen molar-refractivity contribution < 1.29 is 22.7 Å². The summed E-state index contributed by atoms with van der Waals surface area (Å²) in [6, 6.07) is 10.8. The van der Waals surface area contributed by atoms with E-state index in [1.165, 1.54) is 12.3 Å². The molecule has 2 aliphatic rings. The second-order valence-electron chi connectivity index (χ2n) is 12.6. The highest BCUT2D eigenvalue weighted by atomic mass is 79.9. The van der Waals surface area contributed by atoms with Gasteiger partial charge in [0.05, 0.1) is 17.4 Å². The molecule has 0 radical (unpaired) electrons. The van der Waals surface area contributed by atoms with Crippen LogP contribution in [0.1, 0.15) is 32.0 Å². The molecule has 46 heavy (non-hydrogen) atoms. The van der Waals surface area contributed by atoms with Crippen LogP contribution >= 0.6 is 15.9 Å². The van der Waals surface area contributed by atoms with Crippen LogP contribution in [0.15, 0.2) is 53.4 Å². The van der Waals surface area contributed by atoms with Crippen LogP contribution in [0.3, 0.4) is 0 Å². The lowest BCUT2D eigenvalue weighted by molar-refractivity contribution is -0.141. The normalized spacial score (nSPS) is 16.7. The Labute approximate surface area is 273 Å². The quantitative estimate of drug-likeness (QED) is 0.247. The van der Waals surface area contributed by atoms with E-state index in [9.17, 15) is 18.0 Å². The molecule has 2 fully saturated rings. The van der Waals surface area contributed by atoms with Gasteiger partial charge in [0.2, 0.25) is 0 Å². The van der Waals surface area contributed by atoms with Crippen molar-refractivity contribution in [1.82, 2.24) is 29.7 Å². The second kappa shape index (κ2) is 12.7. The van der Waals surface area contributed by atoms with E-state index < -0.39 is 17.5 Å². The van der Waals surface area contributed by atoms with Gasteiger partial charge in [-0.1, -0.05) is 6.07 Å². The van der Waals surface area contributed by atoms with Gasteiger partial charge in [0.25, 0.3) is 0 Å². The molecule has 244 valence electrons. The van der Waals surface area contributed by atoms with Crippen LogP contribution in [0.2, 0.25) is 0 Å². The molecular weight excluding hydrogens is 665 g/mol. The van der Waals surface area contributed by atoms with Gasteiger partial charge in [-0.3, -0.25) is 9.88 Å². The van der Waals surface area contributed by atoms with Crippen LogP contribution in [0, 0.1) is 0 Å². The van der Waals surface area contributed by atoms with E-state index in [1.54, 1.807) is 11.1 Å². The van der Waals surface area contributed by atoms with Crippen LogP contribution in [0.5, 0.6) is 0 Å². The van der Waals surface area contributed by atoms with Crippen LogP contribution in [0.4, 0.5) is 29.3 Å². The summed E-state index contributed by atoms with van der Waals surface area (Å²) in [5, 5.41) is 0. The molecule has 0 saturated carbocycles. The Hall–Kier alpha value is -3.91. The van der Waals surface area contributed by atoms with Crippen LogP contribution in [0.25, 0.3) is 22.4 Å². The van der Waals surface area contributed by atoms with Crippen molar-refractivity contribution in [2.45, 2.75) is 39.1 Å². The Balaban J connectivity index is 1.09. The van der Waals surface area contributed by atoms with Crippen molar-refractivity contribution in [2.75, 3.05) is 62.2 Å². The fourth-order valence-corrected chi connectivity index (χ4v) is 6.28. The molecule has 1 aromatic carbocycles. The molecule has 0 aliphatic carbocycles. The maximum atomic E-state index is 12.9. The van der Waals surface area contributed by atoms with Crippen LogP contribution in [-0.2, 0) is 17.5 Å². The Morgan fingerprint density at radius 3 is 2.17 bits per heavy atom. The lowest BCUT2D eigenvalue weighted by Crippen LogP contribution is -2.50. The molecule has 1 amide bonds. The highest BCUT2D eigenvalue weighted by molar-refractivity contribution is 9.10. The number of pyridine rings is 2. The topological polar surface area (TPSA) is 93.7 Å². The summed E-state index contributed by atoms with van der Waals surface area (Å²) in [6.07, 6.45) is -1.64. The summed E-state index contributed by atoms with van der Waals surface area (Å²) in [4.78, 5) is 37.4. The van der Waals surface area contributed by atoms with E-state index in [4.69, 9.17) is 9.72 Å². The summed E-state index contributed by atoms with van der Waals surface area (Å²) in [7, 11) is 0. The number of anilines is 2. The molecule has 0 spiro atoms. The number of fused-ring (bicyclic) bond motifs is 1. The Kier molecular flexibility index (Phi) is 8.85. The molecule has 10 nitrogen and oxygen atoms in total. The first-order chi connectivity index (χ1) is 21.8. The minimum Gasteiger partial charge on any atom is -0.444 e. The highest BCUT2D eigenvalue weighted by Gasteiger charge is 2.32. The van der Waals surface area contributed by atoms with E-state index in [2.05, 4.69) is 57.7 Å². The SMILES string of the molecule is CC(C)(C)OC(=O)N1CCN(c2ccc(-c3nc4c(N5CCN(Cc6ccc(C(F)(F)F)nc6)CC5)c(Br)ncc4[nH]3)cc2)CC1. The number of halogens is 4. The van der Waals surface area contributed by atoms with E-state index in [0.717, 1.165) is 71.6 Å². The summed E-state index contributed by atoms with van der Waals surface area (Å²) in [6.45, 7) is 11.7. The summed E-state index contributed by atoms with van der Waals surface area (Å²) < 4.78 is 44.8. The first-order valence-corrected chi connectivity index (χ1v) is 16.0.